The number of hydrogen-bond donors (Lipinski definition) is 1. The molecule has 2 aliphatic rings. The lowest BCUT2D eigenvalue weighted by atomic mass is 9.84. The van der Waals surface area contributed by atoms with Gasteiger partial charge in [0.25, 0.3) is 0 Å². The van der Waals surface area contributed by atoms with Crippen LogP contribution in [0.15, 0.2) is 29.3 Å². The highest BCUT2D eigenvalue weighted by Crippen LogP contribution is 2.32. The van der Waals surface area contributed by atoms with Gasteiger partial charge in [-0.25, -0.2) is 4.99 Å². The van der Waals surface area contributed by atoms with Gasteiger partial charge in [0, 0.05) is 6.42 Å². The van der Waals surface area contributed by atoms with Crippen molar-refractivity contribution in [2.24, 2.45) is 16.6 Å². The van der Waals surface area contributed by atoms with E-state index in [1.165, 1.54) is 17.5 Å². The third-order valence-corrected chi connectivity index (χ3v) is 4.40. The Labute approximate surface area is 114 Å². The zero-order valence-electron chi connectivity index (χ0n) is 11.5. The zero-order chi connectivity index (χ0) is 13.2. The average molecular weight is 258 g/mol. The molecule has 3 rings (SSSR count). The summed E-state index contributed by atoms with van der Waals surface area (Å²) in [6, 6.07) is 8.83. The zero-order valence-corrected chi connectivity index (χ0v) is 11.5. The maximum atomic E-state index is 6.05. The molecule has 0 spiro atoms. The number of nitrogens with two attached hydrogens (primary N) is 1. The SMILES string of the molecule is Cc1ccccc1CC1=NC2CCC(CN)CC2O1. The second-order valence-corrected chi connectivity index (χ2v) is 5.76. The molecule has 3 unspecified atom stereocenters. The lowest BCUT2D eigenvalue weighted by Crippen LogP contribution is -2.34. The monoisotopic (exact) mass is 258 g/mol. The number of ether oxygens (including phenoxy) is 1. The molecular weight excluding hydrogens is 236 g/mol. The Morgan fingerprint density at radius 2 is 2.16 bits per heavy atom. The van der Waals surface area contributed by atoms with E-state index < -0.39 is 0 Å². The number of aryl methyl sites for hydroxylation is 1. The van der Waals surface area contributed by atoms with Gasteiger partial charge in [0.15, 0.2) is 5.90 Å². The van der Waals surface area contributed by atoms with Crippen molar-refractivity contribution >= 4 is 5.90 Å². The number of rotatable bonds is 3. The number of fused-ring (bicyclic) bond motifs is 1. The van der Waals surface area contributed by atoms with E-state index in [9.17, 15) is 0 Å². The summed E-state index contributed by atoms with van der Waals surface area (Å²) >= 11 is 0. The fraction of sp³-hybridized carbons (Fsp3) is 0.562. The molecule has 1 fully saturated rings. The molecule has 1 aliphatic heterocycles. The highest BCUT2D eigenvalue weighted by molar-refractivity contribution is 5.81. The summed E-state index contributed by atoms with van der Waals surface area (Å²) in [4.78, 5) is 4.77. The van der Waals surface area contributed by atoms with Gasteiger partial charge in [0.05, 0.1) is 6.04 Å². The second kappa shape index (κ2) is 5.33. The molecule has 1 aromatic rings. The van der Waals surface area contributed by atoms with E-state index in [0.29, 0.717) is 12.0 Å². The summed E-state index contributed by atoms with van der Waals surface area (Å²) in [6.07, 6.45) is 4.50. The van der Waals surface area contributed by atoms with Gasteiger partial charge >= 0.3 is 0 Å². The Hall–Kier alpha value is -1.35. The fourth-order valence-corrected chi connectivity index (χ4v) is 3.13. The maximum absolute atomic E-state index is 6.05. The van der Waals surface area contributed by atoms with Crippen molar-refractivity contribution in [3.63, 3.8) is 0 Å². The van der Waals surface area contributed by atoms with E-state index in [1.54, 1.807) is 0 Å². The quantitative estimate of drug-likeness (QED) is 0.905. The summed E-state index contributed by atoms with van der Waals surface area (Å²) in [5.41, 5.74) is 8.40. The molecule has 1 aromatic carbocycles. The Balaban J connectivity index is 1.67. The standard InChI is InChI=1S/C16H22N2O/c1-11-4-2-3-5-13(11)9-16-18-14-7-6-12(10-17)8-15(14)19-16/h2-5,12,14-15H,6-10,17H2,1H3. The van der Waals surface area contributed by atoms with Gasteiger partial charge in [0.2, 0.25) is 0 Å². The summed E-state index contributed by atoms with van der Waals surface area (Å²) in [6.45, 7) is 2.92. The molecular formula is C16H22N2O. The molecule has 0 aromatic heterocycles. The van der Waals surface area contributed by atoms with Crippen LogP contribution in [0.25, 0.3) is 0 Å². The molecule has 0 amide bonds. The van der Waals surface area contributed by atoms with Crippen molar-refractivity contribution in [2.75, 3.05) is 6.54 Å². The average Bonchev–Trinajstić information content (AvgIpc) is 2.82. The topological polar surface area (TPSA) is 47.6 Å². The van der Waals surface area contributed by atoms with E-state index in [2.05, 4.69) is 31.2 Å². The fourth-order valence-electron chi connectivity index (χ4n) is 3.13. The number of benzene rings is 1. The van der Waals surface area contributed by atoms with E-state index in [0.717, 1.165) is 31.7 Å². The van der Waals surface area contributed by atoms with Crippen molar-refractivity contribution in [3.05, 3.63) is 35.4 Å². The van der Waals surface area contributed by atoms with E-state index >= 15 is 0 Å². The first-order valence-corrected chi connectivity index (χ1v) is 7.24. The second-order valence-electron chi connectivity index (χ2n) is 5.76. The van der Waals surface area contributed by atoms with E-state index in [1.807, 2.05) is 0 Å². The molecule has 2 N–H and O–H groups in total. The van der Waals surface area contributed by atoms with Crippen LogP contribution in [0.3, 0.4) is 0 Å². The first kappa shape index (κ1) is 12.7. The predicted molar refractivity (Wildman–Crippen MR) is 77.4 cm³/mol. The highest BCUT2D eigenvalue weighted by atomic mass is 16.5. The smallest absolute Gasteiger partial charge is 0.188 e. The van der Waals surface area contributed by atoms with Crippen molar-refractivity contribution in [3.8, 4) is 0 Å². The minimum atomic E-state index is 0.279. The highest BCUT2D eigenvalue weighted by Gasteiger charge is 2.36. The maximum Gasteiger partial charge on any atom is 0.188 e. The summed E-state index contributed by atoms with van der Waals surface area (Å²) in [5, 5.41) is 0. The minimum absolute atomic E-state index is 0.279. The van der Waals surface area contributed by atoms with Crippen LogP contribution in [0.1, 0.15) is 30.4 Å². The summed E-state index contributed by atoms with van der Waals surface area (Å²) in [7, 11) is 0. The molecule has 0 bridgehead atoms. The Morgan fingerprint density at radius 3 is 2.95 bits per heavy atom. The van der Waals surface area contributed by atoms with Crippen LogP contribution in [-0.2, 0) is 11.2 Å². The van der Waals surface area contributed by atoms with Crippen molar-refractivity contribution in [1.29, 1.82) is 0 Å². The lowest BCUT2D eigenvalue weighted by molar-refractivity contribution is 0.121. The first-order chi connectivity index (χ1) is 9.26. The van der Waals surface area contributed by atoms with Crippen molar-refractivity contribution in [1.82, 2.24) is 0 Å². The van der Waals surface area contributed by atoms with Crippen LogP contribution in [0.2, 0.25) is 0 Å². The molecule has 3 heteroatoms. The van der Waals surface area contributed by atoms with E-state index in [4.69, 9.17) is 15.5 Å². The summed E-state index contributed by atoms with van der Waals surface area (Å²) < 4.78 is 6.05. The Kier molecular flexibility index (Phi) is 3.56. The third-order valence-electron chi connectivity index (χ3n) is 4.40. The number of nitrogens with zero attached hydrogens (tertiary/aromatic N) is 1. The molecule has 3 atom stereocenters. The first-order valence-electron chi connectivity index (χ1n) is 7.24. The van der Waals surface area contributed by atoms with Gasteiger partial charge in [-0.2, -0.15) is 0 Å². The predicted octanol–water partition coefficient (Wildman–Crippen LogP) is 2.46. The third kappa shape index (κ3) is 2.66. The van der Waals surface area contributed by atoms with Gasteiger partial charge in [-0.1, -0.05) is 24.3 Å². The van der Waals surface area contributed by atoms with Crippen LogP contribution in [-0.4, -0.2) is 24.6 Å². The van der Waals surface area contributed by atoms with Crippen LogP contribution in [0, 0.1) is 12.8 Å². The lowest BCUT2D eigenvalue weighted by Gasteiger charge is -2.28. The largest absolute Gasteiger partial charge is 0.475 e. The van der Waals surface area contributed by atoms with Gasteiger partial charge in [-0.15, -0.1) is 0 Å². The van der Waals surface area contributed by atoms with Gasteiger partial charge in [0.1, 0.15) is 6.10 Å². The van der Waals surface area contributed by atoms with Gasteiger partial charge in [-0.05, 0) is 49.8 Å². The van der Waals surface area contributed by atoms with Crippen LogP contribution in [0.4, 0.5) is 0 Å². The molecule has 102 valence electrons. The van der Waals surface area contributed by atoms with E-state index in [-0.39, 0.29) is 6.10 Å². The van der Waals surface area contributed by atoms with Crippen molar-refractivity contribution < 1.29 is 4.74 Å². The Morgan fingerprint density at radius 1 is 1.32 bits per heavy atom. The summed E-state index contributed by atoms with van der Waals surface area (Å²) in [5.74, 6) is 1.54. The molecule has 1 aliphatic carbocycles. The van der Waals surface area contributed by atoms with Crippen LogP contribution in [0.5, 0.6) is 0 Å². The molecule has 1 saturated carbocycles. The van der Waals surface area contributed by atoms with Gasteiger partial charge in [-0.3, -0.25) is 0 Å². The molecule has 0 saturated heterocycles. The van der Waals surface area contributed by atoms with Crippen LogP contribution < -0.4 is 5.73 Å². The molecule has 19 heavy (non-hydrogen) atoms. The van der Waals surface area contributed by atoms with Crippen molar-refractivity contribution in [2.45, 2.75) is 44.8 Å². The molecule has 1 heterocycles. The minimum Gasteiger partial charge on any atom is -0.475 e. The number of aliphatic imine (C=N–C) groups is 1. The van der Waals surface area contributed by atoms with Gasteiger partial charge < -0.3 is 10.5 Å². The normalized spacial score (nSPS) is 29.6. The molecule has 0 radical (unpaired) electrons. The van der Waals surface area contributed by atoms with Crippen LogP contribution >= 0.6 is 0 Å². The Bertz CT molecular complexity index is 483. The number of hydrogen-bond acceptors (Lipinski definition) is 3. The molecule has 3 nitrogen and oxygen atoms in total.